The molecule has 1 aliphatic rings. The maximum absolute atomic E-state index is 12.6. The number of aromatic carboxylic acids is 1. The summed E-state index contributed by atoms with van der Waals surface area (Å²) in [6, 6.07) is 14.1. The van der Waals surface area contributed by atoms with Crippen molar-refractivity contribution >= 4 is 15.8 Å². The van der Waals surface area contributed by atoms with E-state index in [2.05, 4.69) is 5.10 Å². The number of carboxylic acids is 1. The molecule has 1 aliphatic heterocycles. The van der Waals surface area contributed by atoms with Gasteiger partial charge in [-0.05, 0) is 24.6 Å². The van der Waals surface area contributed by atoms with Gasteiger partial charge in [-0.3, -0.25) is 0 Å². The van der Waals surface area contributed by atoms with E-state index >= 15 is 0 Å². The third kappa shape index (κ3) is 2.27. The minimum absolute atomic E-state index is 0.203. The molecule has 7 heteroatoms. The molecule has 1 aromatic heterocycles. The van der Waals surface area contributed by atoms with E-state index in [1.165, 1.54) is 0 Å². The highest BCUT2D eigenvalue weighted by molar-refractivity contribution is 7.90. The summed E-state index contributed by atoms with van der Waals surface area (Å²) in [4.78, 5) is 11.9. The zero-order valence-electron chi connectivity index (χ0n) is 13.3. The van der Waals surface area contributed by atoms with Gasteiger partial charge in [-0.1, -0.05) is 36.4 Å². The van der Waals surface area contributed by atoms with Crippen LogP contribution < -0.4 is 0 Å². The number of aromatic nitrogens is 2. The van der Waals surface area contributed by atoms with Crippen molar-refractivity contribution in [3.63, 3.8) is 0 Å². The van der Waals surface area contributed by atoms with Gasteiger partial charge in [0.25, 0.3) is 0 Å². The molecule has 126 valence electrons. The lowest BCUT2D eigenvalue weighted by molar-refractivity contribution is 0.0689. The summed E-state index contributed by atoms with van der Waals surface area (Å²) in [5, 5.41) is 13.8. The fourth-order valence-corrected chi connectivity index (χ4v) is 4.81. The SMILES string of the molecule is Cc1ccccc1-n1nc(C(=O)O)c2c1-c1ccccc1S(=O)(=O)C2. The molecule has 6 nitrogen and oxygen atoms in total. The molecule has 0 saturated carbocycles. The molecule has 2 aromatic carbocycles. The molecular weight excluding hydrogens is 340 g/mol. The molecule has 3 aromatic rings. The Hall–Kier alpha value is -2.93. The minimum Gasteiger partial charge on any atom is -0.476 e. The second-order valence-corrected chi connectivity index (χ2v) is 7.89. The summed E-state index contributed by atoms with van der Waals surface area (Å²) in [6.07, 6.45) is 0. The molecule has 1 N–H and O–H groups in total. The monoisotopic (exact) mass is 354 g/mol. The van der Waals surface area contributed by atoms with Gasteiger partial charge in [0.1, 0.15) is 0 Å². The first-order chi connectivity index (χ1) is 11.9. The van der Waals surface area contributed by atoms with Crippen molar-refractivity contribution in [1.82, 2.24) is 9.78 Å². The lowest BCUT2D eigenvalue weighted by Gasteiger charge is -2.19. The predicted molar refractivity (Wildman–Crippen MR) is 91.6 cm³/mol. The zero-order valence-corrected chi connectivity index (χ0v) is 14.1. The first-order valence-corrected chi connectivity index (χ1v) is 9.29. The number of carbonyl (C=O) groups is 1. The Morgan fingerprint density at radius 3 is 2.52 bits per heavy atom. The first-order valence-electron chi connectivity index (χ1n) is 7.63. The fraction of sp³-hybridized carbons (Fsp3) is 0.111. The van der Waals surface area contributed by atoms with Gasteiger partial charge in [-0.15, -0.1) is 0 Å². The van der Waals surface area contributed by atoms with Gasteiger partial charge in [0.2, 0.25) is 0 Å². The highest BCUT2D eigenvalue weighted by atomic mass is 32.2. The van der Waals surface area contributed by atoms with E-state index in [0.717, 1.165) is 11.3 Å². The first kappa shape index (κ1) is 15.6. The van der Waals surface area contributed by atoms with E-state index in [1.807, 2.05) is 31.2 Å². The van der Waals surface area contributed by atoms with Gasteiger partial charge in [-0.2, -0.15) is 5.10 Å². The third-order valence-corrected chi connectivity index (χ3v) is 6.04. The molecule has 0 radical (unpaired) electrons. The largest absolute Gasteiger partial charge is 0.476 e. The van der Waals surface area contributed by atoms with E-state index in [1.54, 1.807) is 28.9 Å². The Morgan fingerprint density at radius 2 is 1.80 bits per heavy atom. The van der Waals surface area contributed by atoms with Crippen molar-refractivity contribution in [3.05, 3.63) is 65.4 Å². The number of benzene rings is 2. The number of fused-ring (bicyclic) bond motifs is 3. The number of sulfone groups is 1. The quantitative estimate of drug-likeness (QED) is 0.764. The summed E-state index contributed by atoms with van der Waals surface area (Å²) in [7, 11) is -3.61. The number of rotatable bonds is 2. The normalized spacial score (nSPS) is 14.6. The molecule has 25 heavy (non-hydrogen) atoms. The Morgan fingerprint density at radius 1 is 1.12 bits per heavy atom. The molecule has 0 amide bonds. The van der Waals surface area contributed by atoms with Crippen molar-refractivity contribution in [2.24, 2.45) is 0 Å². The molecule has 0 saturated heterocycles. The average molecular weight is 354 g/mol. The number of para-hydroxylation sites is 1. The third-order valence-electron chi connectivity index (χ3n) is 4.34. The number of nitrogens with zero attached hydrogens (tertiary/aromatic N) is 2. The van der Waals surface area contributed by atoms with Crippen LogP contribution in [0.1, 0.15) is 21.6 Å². The van der Waals surface area contributed by atoms with Crippen molar-refractivity contribution in [2.75, 3.05) is 0 Å². The van der Waals surface area contributed by atoms with Crippen LogP contribution in [-0.4, -0.2) is 29.3 Å². The van der Waals surface area contributed by atoms with Gasteiger partial charge >= 0.3 is 5.97 Å². The number of aryl methyl sites for hydroxylation is 1. The minimum atomic E-state index is -3.61. The lowest BCUT2D eigenvalue weighted by atomic mass is 10.1. The van der Waals surface area contributed by atoms with E-state index in [-0.39, 0.29) is 21.9 Å². The van der Waals surface area contributed by atoms with Crippen molar-refractivity contribution in [3.8, 4) is 16.9 Å². The standard InChI is InChI=1S/C18H14N2O4S/c1-11-6-2-4-8-14(11)20-17-12-7-3-5-9-15(12)25(23,24)10-13(17)16(19-20)18(21)22/h2-9H,10H2,1H3,(H,21,22). The van der Waals surface area contributed by atoms with Gasteiger partial charge in [0.05, 0.1) is 22.0 Å². The lowest BCUT2D eigenvalue weighted by Crippen LogP contribution is -2.15. The smallest absolute Gasteiger partial charge is 0.356 e. The highest BCUT2D eigenvalue weighted by Gasteiger charge is 2.35. The predicted octanol–water partition coefficient (Wildman–Crippen LogP) is 2.83. The van der Waals surface area contributed by atoms with Gasteiger partial charge in [0, 0.05) is 11.1 Å². The Kier molecular flexibility index (Phi) is 3.30. The summed E-state index contributed by atoms with van der Waals surface area (Å²) < 4.78 is 26.7. The summed E-state index contributed by atoms with van der Waals surface area (Å²) in [5.74, 6) is -1.61. The van der Waals surface area contributed by atoms with Crippen molar-refractivity contribution in [2.45, 2.75) is 17.6 Å². The Balaban J connectivity index is 2.13. The van der Waals surface area contributed by atoms with Crippen LogP contribution in [0.15, 0.2) is 53.4 Å². The summed E-state index contributed by atoms with van der Waals surface area (Å²) in [5.41, 5.74) is 2.64. The molecule has 0 bridgehead atoms. The summed E-state index contributed by atoms with van der Waals surface area (Å²) in [6.45, 7) is 1.90. The average Bonchev–Trinajstić information content (AvgIpc) is 2.94. The molecule has 0 spiro atoms. The van der Waals surface area contributed by atoms with Crippen LogP contribution in [0.25, 0.3) is 16.9 Å². The topological polar surface area (TPSA) is 89.3 Å². The molecule has 0 unspecified atom stereocenters. The van der Waals surface area contributed by atoms with E-state index in [4.69, 9.17) is 0 Å². The van der Waals surface area contributed by atoms with Crippen molar-refractivity contribution < 1.29 is 18.3 Å². The van der Waals surface area contributed by atoms with Crippen LogP contribution in [-0.2, 0) is 15.6 Å². The maximum Gasteiger partial charge on any atom is 0.356 e. The van der Waals surface area contributed by atoms with Crippen LogP contribution in [0, 0.1) is 6.92 Å². The second-order valence-electron chi connectivity index (χ2n) is 5.93. The van der Waals surface area contributed by atoms with Crippen LogP contribution in [0.2, 0.25) is 0 Å². The van der Waals surface area contributed by atoms with Crippen LogP contribution in [0.5, 0.6) is 0 Å². The molecule has 2 heterocycles. The molecule has 4 rings (SSSR count). The Bertz CT molecular complexity index is 1130. The van der Waals surface area contributed by atoms with Gasteiger partial charge < -0.3 is 5.11 Å². The van der Waals surface area contributed by atoms with Crippen LogP contribution in [0.4, 0.5) is 0 Å². The number of carboxylic acid groups (broad SMARTS) is 1. The number of hydrogen-bond donors (Lipinski definition) is 1. The van der Waals surface area contributed by atoms with E-state index < -0.39 is 15.8 Å². The zero-order chi connectivity index (χ0) is 17.8. The van der Waals surface area contributed by atoms with E-state index in [9.17, 15) is 18.3 Å². The molecule has 0 fully saturated rings. The highest BCUT2D eigenvalue weighted by Crippen LogP contribution is 2.40. The van der Waals surface area contributed by atoms with Gasteiger partial charge in [0.15, 0.2) is 15.5 Å². The van der Waals surface area contributed by atoms with Crippen LogP contribution >= 0.6 is 0 Å². The Labute approximate surface area is 144 Å². The molecule has 0 aliphatic carbocycles. The van der Waals surface area contributed by atoms with Crippen molar-refractivity contribution in [1.29, 1.82) is 0 Å². The number of hydrogen-bond acceptors (Lipinski definition) is 4. The molecule has 0 atom stereocenters. The second kappa shape index (κ2) is 5.29. The molecular formula is C18H14N2O4S. The van der Waals surface area contributed by atoms with E-state index in [0.29, 0.717) is 11.3 Å². The fourth-order valence-electron chi connectivity index (χ4n) is 3.21. The summed E-state index contributed by atoms with van der Waals surface area (Å²) >= 11 is 0. The van der Waals surface area contributed by atoms with Crippen LogP contribution in [0.3, 0.4) is 0 Å². The van der Waals surface area contributed by atoms with Gasteiger partial charge in [-0.25, -0.2) is 17.9 Å². The maximum atomic E-state index is 12.6.